The predicted octanol–water partition coefficient (Wildman–Crippen LogP) is 2.70. The maximum Gasteiger partial charge on any atom is 0.297 e. The van der Waals surface area contributed by atoms with Crippen molar-refractivity contribution in [1.82, 2.24) is 0 Å². The summed E-state index contributed by atoms with van der Waals surface area (Å²) in [5.41, 5.74) is -0.246. The maximum atomic E-state index is 12.9. The van der Waals surface area contributed by atoms with E-state index in [1.807, 2.05) is 12.2 Å². The van der Waals surface area contributed by atoms with E-state index in [1.54, 1.807) is 13.0 Å². The Labute approximate surface area is 144 Å². The molecule has 4 aliphatic rings. The Morgan fingerprint density at radius 2 is 1.76 bits per heavy atom. The number of hydrogen-bond donors (Lipinski definition) is 0. The van der Waals surface area contributed by atoms with E-state index in [4.69, 9.17) is 4.74 Å². The summed E-state index contributed by atoms with van der Waals surface area (Å²) in [7, 11) is 0. The molecule has 2 amide bonds. The van der Waals surface area contributed by atoms with Crippen molar-refractivity contribution in [2.75, 3.05) is 11.5 Å². The summed E-state index contributed by atoms with van der Waals surface area (Å²) in [5, 5.41) is 11.5. The van der Waals surface area contributed by atoms with Crippen LogP contribution in [0.4, 0.5) is 11.4 Å². The number of hydrogen-bond acceptors (Lipinski definition) is 5. The number of nitro groups is 1. The fourth-order valence-electron chi connectivity index (χ4n) is 4.41. The second-order valence-electron chi connectivity index (χ2n) is 6.69. The number of anilines is 1. The largest absolute Gasteiger partial charge is 0.494 e. The topological polar surface area (TPSA) is 89.8 Å². The number of fused-ring (bicyclic) bond motifs is 1. The molecule has 0 radical (unpaired) electrons. The lowest BCUT2D eigenvalue weighted by atomic mass is 9.63. The highest BCUT2D eigenvalue weighted by molar-refractivity contribution is 6.23. The second-order valence-corrected chi connectivity index (χ2v) is 6.69. The third-order valence-corrected chi connectivity index (χ3v) is 5.45. The monoisotopic (exact) mass is 342 g/mol. The van der Waals surface area contributed by atoms with E-state index in [0.717, 1.165) is 17.7 Å². The molecular weight excluding hydrogens is 324 g/mol. The third kappa shape index (κ3) is 2.26. The molecule has 25 heavy (non-hydrogen) atoms. The van der Waals surface area contributed by atoms with Gasteiger partial charge in [0.15, 0.2) is 0 Å². The first-order chi connectivity index (χ1) is 12.0. The smallest absolute Gasteiger partial charge is 0.297 e. The molecule has 1 aromatic rings. The molecule has 0 spiro atoms. The summed E-state index contributed by atoms with van der Waals surface area (Å²) in [6.07, 6.45) is 5.83. The normalized spacial score (nSPS) is 29.9. The van der Waals surface area contributed by atoms with Crippen molar-refractivity contribution in [3.63, 3.8) is 0 Å². The number of imide groups is 1. The van der Waals surface area contributed by atoms with Gasteiger partial charge in [-0.15, -0.1) is 0 Å². The number of carbonyl (C=O) groups is 2. The molecule has 3 aliphatic carbocycles. The van der Waals surface area contributed by atoms with E-state index in [9.17, 15) is 19.7 Å². The molecule has 0 aromatic heterocycles. The van der Waals surface area contributed by atoms with Gasteiger partial charge in [0.25, 0.3) is 5.69 Å². The number of nitro benzene ring substituents is 1. The van der Waals surface area contributed by atoms with Gasteiger partial charge in [0.2, 0.25) is 11.8 Å². The predicted molar refractivity (Wildman–Crippen MR) is 89.1 cm³/mol. The summed E-state index contributed by atoms with van der Waals surface area (Å²) >= 11 is 0. The van der Waals surface area contributed by atoms with Gasteiger partial charge in [0, 0.05) is 0 Å². The van der Waals surface area contributed by atoms with Crippen LogP contribution >= 0.6 is 0 Å². The van der Waals surface area contributed by atoms with Gasteiger partial charge < -0.3 is 4.74 Å². The Morgan fingerprint density at radius 3 is 2.24 bits per heavy atom. The Balaban J connectivity index is 1.77. The van der Waals surface area contributed by atoms with Crippen LogP contribution in [0, 0.1) is 33.8 Å². The first-order valence-corrected chi connectivity index (χ1v) is 8.50. The molecule has 4 atom stereocenters. The number of ether oxygens (including phenoxy) is 1. The summed E-state index contributed by atoms with van der Waals surface area (Å²) in [5.74, 6) is -0.958. The molecule has 1 aromatic carbocycles. The molecule has 7 nitrogen and oxygen atoms in total. The van der Waals surface area contributed by atoms with Gasteiger partial charge in [-0.3, -0.25) is 19.7 Å². The van der Waals surface area contributed by atoms with Crippen LogP contribution in [-0.2, 0) is 9.59 Å². The number of rotatable bonds is 4. The minimum absolute atomic E-state index is 0.0391. The van der Waals surface area contributed by atoms with Gasteiger partial charge in [0.1, 0.15) is 11.4 Å². The summed E-state index contributed by atoms with van der Waals surface area (Å²) in [6.45, 7) is 2.15. The Hall–Kier alpha value is -2.70. The SMILES string of the molecule is CCOc1ccc(N2C(=O)[C@H]3[C@H](C2=O)[C@H]2C=C[C@H]3CC2)c([N+](=O)[O-])c1. The molecule has 1 saturated carbocycles. The molecule has 0 unspecified atom stereocenters. The van der Waals surface area contributed by atoms with E-state index in [2.05, 4.69) is 0 Å². The average Bonchev–Trinajstić information content (AvgIpc) is 2.89. The van der Waals surface area contributed by atoms with E-state index < -0.39 is 4.92 Å². The van der Waals surface area contributed by atoms with Crippen molar-refractivity contribution >= 4 is 23.2 Å². The Kier molecular flexibility index (Phi) is 3.59. The number of amides is 2. The van der Waals surface area contributed by atoms with Crippen molar-refractivity contribution < 1.29 is 19.2 Å². The van der Waals surface area contributed by atoms with Gasteiger partial charge in [-0.2, -0.15) is 0 Å². The van der Waals surface area contributed by atoms with E-state index in [-0.39, 0.29) is 46.9 Å². The van der Waals surface area contributed by atoms with E-state index >= 15 is 0 Å². The molecule has 2 bridgehead atoms. The summed E-state index contributed by atoms with van der Waals surface area (Å²) in [4.78, 5) is 37.8. The number of nitrogens with zero attached hydrogens (tertiary/aromatic N) is 2. The molecular formula is C18H18N2O5. The van der Waals surface area contributed by atoms with Gasteiger partial charge in [-0.25, -0.2) is 4.90 Å². The first-order valence-electron chi connectivity index (χ1n) is 8.50. The van der Waals surface area contributed by atoms with Crippen molar-refractivity contribution in [3.05, 3.63) is 40.5 Å². The minimum Gasteiger partial charge on any atom is -0.494 e. The van der Waals surface area contributed by atoms with Gasteiger partial charge in [-0.1, -0.05) is 12.2 Å². The quantitative estimate of drug-likeness (QED) is 0.363. The maximum absolute atomic E-state index is 12.9. The highest BCUT2D eigenvalue weighted by Gasteiger charge is 2.57. The zero-order chi connectivity index (χ0) is 17.7. The lowest BCUT2D eigenvalue weighted by Crippen LogP contribution is -2.38. The molecule has 7 heteroatoms. The number of benzene rings is 1. The zero-order valence-electron chi connectivity index (χ0n) is 13.8. The van der Waals surface area contributed by atoms with Crippen molar-refractivity contribution in [1.29, 1.82) is 0 Å². The molecule has 1 saturated heterocycles. The van der Waals surface area contributed by atoms with Crippen LogP contribution < -0.4 is 9.64 Å². The molecule has 130 valence electrons. The van der Waals surface area contributed by atoms with Crippen LogP contribution in [0.5, 0.6) is 5.75 Å². The standard InChI is InChI=1S/C18H18N2O5/c1-2-25-12-7-8-13(14(9-12)20(23)24)19-17(21)15-10-3-4-11(6-5-10)16(15)18(19)22/h3-4,7-11,15-16H,2,5-6H2,1H3/t10-,11-,15+,16+/m0/s1. The molecule has 1 heterocycles. The lowest BCUT2D eigenvalue weighted by molar-refractivity contribution is -0.384. The van der Waals surface area contributed by atoms with Crippen molar-refractivity contribution in [3.8, 4) is 5.75 Å². The average molecular weight is 342 g/mol. The minimum atomic E-state index is -0.576. The van der Waals surface area contributed by atoms with Gasteiger partial charge >= 0.3 is 0 Å². The molecule has 1 aliphatic heterocycles. The van der Waals surface area contributed by atoms with Crippen molar-refractivity contribution in [2.45, 2.75) is 19.8 Å². The van der Waals surface area contributed by atoms with Crippen LogP contribution in [0.1, 0.15) is 19.8 Å². The van der Waals surface area contributed by atoms with Gasteiger partial charge in [0.05, 0.1) is 29.4 Å². The third-order valence-electron chi connectivity index (χ3n) is 5.45. The highest BCUT2D eigenvalue weighted by atomic mass is 16.6. The highest BCUT2D eigenvalue weighted by Crippen LogP contribution is 2.51. The molecule has 0 N–H and O–H groups in total. The molecule has 2 fully saturated rings. The Morgan fingerprint density at radius 1 is 1.16 bits per heavy atom. The van der Waals surface area contributed by atoms with E-state index in [1.165, 1.54) is 12.1 Å². The second kappa shape index (κ2) is 5.68. The van der Waals surface area contributed by atoms with Crippen LogP contribution in [0.3, 0.4) is 0 Å². The molecule has 5 rings (SSSR count). The van der Waals surface area contributed by atoms with Crippen molar-refractivity contribution in [2.24, 2.45) is 23.7 Å². The fraction of sp³-hybridized carbons (Fsp3) is 0.444. The van der Waals surface area contributed by atoms with Crippen LogP contribution in [-0.4, -0.2) is 23.3 Å². The zero-order valence-corrected chi connectivity index (χ0v) is 13.8. The number of carbonyl (C=O) groups excluding carboxylic acids is 2. The van der Waals surface area contributed by atoms with Gasteiger partial charge in [-0.05, 0) is 43.7 Å². The first kappa shape index (κ1) is 15.8. The van der Waals surface area contributed by atoms with Crippen LogP contribution in [0.15, 0.2) is 30.4 Å². The number of allylic oxidation sites excluding steroid dienone is 2. The Bertz CT molecular complexity index is 771. The summed E-state index contributed by atoms with van der Waals surface area (Å²) < 4.78 is 5.30. The lowest BCUT2D eigenvalue weighted by Gasteiger charge is -2.38. The fourth-order valence-corrected chi connectivity index (χ4v) is 4.41. The van der Waals surface area contributed by atoms with Crippen LogP contribution in [0.25, 0.3) is 0 Å². The van der Waals surface area contributed by atoms with Crippen LogP contribution in [0.2, 0.25) is 0 Å². The van der Waals surface area contributed by atoms with E-state index in [0.29, 0.717) is 12.4 Å². The summed E-state index contributed by atoms with van der Waals surface area (Å²) in [6, 6.07) is 4.26.